The number of H-pyrrole nitrogens is 1. The van der Waals surface area contributed by atoms with Crippen molar-refractivity contribution in [1.29, 1.82) is 0 Å². The van der Waals surface area contributed by atoms with Crippen molar-refractivity contribution >= 4 is 28.4 Å². The van der Waals surface area contributed by atoms with Gasteiger partial charge in [-0.05, 0) is 37.0 Å². The van der Waals surface area contributed by atoms with Crippen LogP contribution >= 0.6 is 11.6 Å². The summed E-state index contributed by atoms with van der Waals surface area (Å²) in [7, 11) is 0. The maximum atomic E-state index is 13.0. The molecular formula is C19H18ClN3O. The number of para-hydroxylation sites is 1. The lowest BCUT2D eigenvalue weighted by molar-refractivity contribution is 0.0732. The van der Waals surface area contributed by atoms with Gasteiger partial charge in [-0.2, -0.15) is 5.10 Å². The Hall–Kier alpha value is -2.33. The molecule has 3 aromatic rings. The highest BCUT2D eigenvalue weighted by atomic mass is 35.5. The standard InChI is InChI=1S/C19H18ClN3O/c20-16-9-3-1-6-13(16)12-14-7-5-11-23(14)19(24)18-15-8-2-4-10-17(15)21-22-18/h1-4,6,8-10,14H,5,7,11-12H2,(H,21,22)/t14-/m0/s1. The third kappa shape index (κ3) is 2.67. The van der Waals surface area contributed by atoms with Crippen LogP contribution in [0.25, 0.3) is 10.9 Å². The Bertz CT molecular complexity index is 889. The van der Waals surface area contributed by atoms with Gasteiger partial charge in [0.25, 0.3) is 5.91 Å². The van der Waals surface area contributed by atoms with E-state index in [1.807, 2.05) is 53.4 Å². The van der Waals surface area contributed by atoms with Gasteiger partial charge < -0.3 is 4.90 Å². The number of amides is 1. The molecule has 24 heavy (non-hydrogen) atoms. The minimum atomic E-state index is 0.00186. The number of hydrogen-bond acceptors (Lipinski definition) is 2. The predicted octanol–water partition coefficient (Wildman–Crippen LogP) is 4.06. The fraction of sp³-hybridized carbons (Fsp3) is 0.263. The number of hydrogen-bond donors (Lipinski definition) is 1. The lowest BCUT2D eigenvalue weighted by Gasteiger charge is -2.24. The SMILES string of the molecule is O=C(c1n[nH]c2ccccc12)N1CCC[C@H]1Cc1ccccc1Cl. The highest BCUT2D eigenvalue weighted by Crippen LogP contribution is 2.27. The van der Waals surface area contributed by atoms with Gasteiger partial charge >= 0.3 is 0 Å². The van der Waals surface area contributed by atoms with Crippen molar-refractivity contribution in [3.8, 4) is 0 Å². The maximum absolute atomic E-state index is 13.0. The number of benzene rings is 2. The van der Waals surface area contributed by atoms with Crippen LogP contribution in [-0.2, 0) is 6.42 Å². The number of carbonyl (C=O) groups is 1. The normalized spacial score (nSPS) is 17.5. The Morgan fingerprint density at radius 2 is 2.00 bits per heavy atom. The van der Waals surface area contributed by atoms with Gasteiger partial charge in [-0.25, -0.2) is 0 Å². The zero-order valence-electron chi connectivity index (χ0n) is 13.2. The Morgan fingerprint density at radius 1 is 1.21 bits per heavy atom. The summed E-state index contributed by atoms with van der Waals surface area (Å²) in [4.78, 5) is 15.0. The van der Waals surface area contributed by atoms with E-state index in [9.17, 15) is 4.79 Å². The van der Waals surface area contributed by atoms with Crippen LogP contribution < -0.4 is 0 Å². The fourth-order valence-electron chi connectivity index (χ4n) is 3.50. The monoisotopic (exact) mass is 339 g/mol. The molecule has 1 N–H and O–H groups in total. The predicted molar refractivity (Wildman–Crippen MR) is 95.3 cm³/mol. The summed E-state index contributed by atoms with van der Waals surface area (Å²) in [6.07, 6.45) is 2.80. The van der Waals surface area contributed by atoms with E-state index in [1.54, 1.807) is 0 Å². The molecule has 4 nitrogen and oxygen atoms in total. The van der Waals surface area contributed by atoms with Crippen LogP contribution in [0.4, 0.5) is 0 Å². The van der Waals surface area contributed by atoms with Crippen molar-refractivity contribution in [2.75, 3.05) is 6.54 Å². The molecule has 2 heterocycles. The Morgan fingerprint density at radius 3 is 2.88 bits per heavy atom. The molecule has 1 aliphatic rings. The average Bonchev–Trinajstić information content (AvgIpc) is 3.23. The average molecular weight is 340 g/mol. The van der Waals surface area contributed by atoms with E-state index in [1.165, 1.54) is 0 Å². The molecule has 1 saturated heterocycles. The van der Waals surface area contributed by atoms with Crippen molar-refractivity contribution in [2.24, 2.45) is 0 Å². The van der Waals surface area contributed by atoms with Crippen LogP contribution in [-0.4, -0.2) is 33.6 Å². The van der Waals surface area contributed by atoms with Gasteiger partial charge in [0.1, 0.15) is 0 Å². The Balaban J connectivity index is 1.60. The maximum Gasteiger partial charge on any atom is 0.275 e. The van der Waals surface area contributed by atoms with Crippen molar-refractivity contribution in [3.05, 3.63) is 64.8 Å². The molecule has 1 aromatic heterocycles. The third-order valence-corrected chi connectivity index (χ3v) is 5.09. The fourth-order valence-corrected chi connectivity index (χ4v) is 3.71. The number of likely N-dealkylation sites (tertiary alicyclic amines) is 1. The molecule has 1 atom stereocenters. The summed E-state index contributed by atoms with van der Waals surface area (Å²) in [6.45, 7) is 0.773. The molecule has 122 valence electrons. The molecule has 5 heteroatoms. The third-order valence-electron chi connectivity index (χ3n) is 4.72. The topological polar surface area (TPSA) is 49.0 Å². The molecule has 1 fully saturated rings. The van der Waals surface area contributed by atoms with E-state index in [0.717, 1.165) is 47.3 Å². The number of aromatic nitrogens is 2. The van der Waals surface area contributed by atoms with Crippen LogP contribution in [0.1, 0.15) is 28.9 Å². The van der Waals surface area contributed by atoms with E-state index in [0.29, 0.717) is 5.69 Å². The molecule has 0 bridgehead atoms. The Kier molecular flexibility index (Phi) is 3.98. The van der Waals surface area contributed by atoms with Gasteiger partial charge in [-0.3, -0.25) is 9.89 Å². The minimum Gasteiger partial charge on any atom is -0.334 e. The first-order valence-corrected chi connectivity index (χ1v) is 8.59. The number of fused-ring (bicyclic) bond motifs is 1. The van der Waals surface area contributed by atoms with Crippen LogP contribution in [0.5, 0.6) is 0 Å². The van der Waals surface area contributed by atoms with Crippen LogP contribution in [0.15, 0.2) is 48.5 Å². The molecule has 0 saturated carbocycles. The molecule has 0 unspecified atom stereocenters. The van der Waals surface area contributed by atoms with Crippen molar-refractivity contribution in [1.82, 2.24) is 15.1 Å². The first-order valence-electron chi connectivity index (χ1n) is 8.21. The lowest BCUT2D eigenvalue weighted by Crippen LogP contribution is -2.37. The number of halogens is 1. The summed E-state index contributed by atoms with van der Waals surface area (Å²) in [5.74, 6) is 0.00186. The number of nitrogens with one attached hydrogen (secondary N) is 1. The molecule has 4 rings (SSSR count). The van der Waals surface area contributed by atoms with Crippen molar-refractivity contribution < 1.29 is 4.79 Å². The van der Waals surface area contributed by atoms with Crippen LogP contribution in [0, 0.1) is 0 Å². The molecule has 1 amide bonds. The van der Waals surface area contributed by atoms with Crippen molar-refractivity contribution in [2.45, 2.75) is 25.3 Å². The quantitative estimate of drug-likeness (QED) is 0.782. The second kappa shape index (κ2) is 6.29. The van der Waals surface area contributed by atoms with Gasteiger partial charge in [0.05, 0.1) is 5.52 Å². The van der Waals surface area contributed by atoms with Gasteiger partial charge in [-0.15, -0.1) is 0 Å². The van der Waals surface area contributed by atoms with Gasteiger partial charge in [0.2, 0.25) is 0 Å². The number of nitrogens with zero attached hydrogens (tertiary/aromatic N) is 2. The molecule has 0 aliphatic carbocycles. The van der Waals surface area contributed by atoms with E-state index < -0.39 is 0 Å². The van der Waals surface area contributed by atoms with Gasteiger partial charge in [-0.1, -0.05) is 48.0 Å². The first-order chi connectivity index (χ1) is 11.7. The number of carbonyl (C=O) groups excluding carboxylic acids is 1. The molecule has 0 spiro atoms. The second-order valence-corrected chi connectivity index (χ2v) is 6.62. The first kappa shape index (κ1) is 15.2. The number of rotatable bonds is 3. The van der Waals surface area contributed by atoms with Gasteiger partial charge in [0, 0.05) is 23.0 Å². The van der Waals surface area contributed by atoms with Crippen LogP contribution in [0.3, 0.4) is 0 Å². The lowest BCUT2D eigenvalue weighted by atomic mass is 10.0. The van der Waals surface area contributed by atoms with E-state index in [4.69, 9.17) is 11.6 Å². The van der Waals surface area contributed by atoms with E-state index in [-0.39, 0.29) is 11.9 Å². The highest BCUT2D eigenvalue weighted by molar-refractivity contribution is 6.31. The van der Waals surface area contributed by atoms with Crippen molar-refractivity contribution in [3.63, 3.8) is 0 Å². The molecule has 2 aromatic carbocycles. The van der Waals surface area contributed by atoms with Crippen LogP contribution in [0.2, 0.25) is 5.02 Å². The number of aromatic amines is 1. The highest BCUT2D eigenvalue weighted by Gasteiger charge is 2.31. The molecule has 0 radical (unpaired) electrons. The van der Waals surface area contributed by atoms with Gasteiger partial charge in [0.15, 0.2) is 5.69 Å². The molecular weight excluding hydrogens is 322 g/mol. The largest absolute Gasteiger partial charge is 0.334 e. The Labute approximate surface area is 145 Å². The summed E-state index contributed by atoms with van der Waals surface area (Å²) < 4.78 is 0. The summed E-state index contributed by atoms with van der Waals surface area (Å²) >= 11 is 6.29. The second-order valence-electron chi connectivity index (χ2n) is 6.21. The zero-order chi connectivity index (χ0) is 16.5. The van der Waals surface area contributed by atoms with E-state index >= 15 is 0 Å². The minimum absolute atomic E-state index is 0.00186. The zero-order valence-corrected chi connectivity index (χ0v) is 14.0. The van der Waals surface area contributed by atoms with E-state index in [2.05, 4.69) is 10.2 Å². The summed E-state index contributed by atoms with van der Waals surface area (Å²) in [5.41, 5.74) is 2.50. The summed E-state index contributed by atoms with van der Waals surface area (Å²) in [6, 6.07) is 15.8. The smallest absolute Gasteiger partial charge is 0.275 e. The molecule has 1 aliphatic heterocycles. The summed E-state index contributed by atoms with van der Waals surface area (Å²) in [5, 5.41) is 8.85.